The van der Waals surface area contributed by atoms with E-state index in [2.05, 4.69) is 26.0 Å². The van der Waals surface area contributed by atoms with Crippen LogP contribution in [0.1, 0.15) is 5.56 Å². The van der Waals surface area contributed by atoms with Crippen molar-refractivity contribution in [2.24, 2.45) is 0 Å². The molecule has 0 aliphatic heterocycles. The predicted octanol–water partition coefficient (Wildman–Crippen LogP) is 2.52. The second-order valence-electron chi connectivity index (χ2n) is 5.32. The molecule has 0 heterocycles. The smallest absolute Gasteiger partial charge is 0.239 e. The van der Waals surface area contributed by atoms with Gasteiger partial charge in [0.1, 0.15) is 0 Å². The Balaban J connectivity index is 1.92. The molecule has 0 aliphatic rings. The monoisotopic (exact) mass is 442 g/mol. The number of anilines is 1. The molecule has 2 aromatic rings. The second kappa shape index (κ2) is 9.02. The molecule has 1 amide bonds. The first-order valence-electron chi connectivity index (χ1n) is 7.56. The van der Waals surface area contributed by atoms with Gasteiger partial charge in [-0.15, -0.1) is 0 Å². The van der Waals surface area contributed by atoms with Gasteiger partial charge in [0.25, 0.3) is 0 Å². The van der Waals surface area contributed by atoms with Crippen LogP contribution in [0.3, 0.4) is 0 Å². The summed E-state index contributed by atoms with van der Waals surface area (Å²) in [6.07, 6.45) is 0. The minimum atomic E-state index is -3.63. The summed E-state index contributed by atoms with van der Waals surface area (Å²) in [5, 5.41) is 2.60. The number of methoxy groups -OCH3 is 2. The zero-order chi connectivity index (χ0) is 19.2. The maximum atomic E-state index is 12.1. The third-order valence-electron chi connectivity index (χ3n) is 3.39. The normalized spacial score (nSPS) is 11.0. The van der Waals surface area contributed by atoms with E-state index in [1.54, 1.807) is 42.5 Å². The van der Waals surface area contributed by atoms with Crippen LogP contribution in [0, 0.1) is 0 Å². The number of carbonyl (C=O) groups excluding carboxylic acids is 1. The van der Waals surface area contributed by atoms with Crippen LogP contribution in [0.4, 0.5) is 5.69 Å². The van der Waals surface area contributed by atoms with Gasteiger partial charge in [-0.05, 0) is 29.8 Å². The quantitative estimate of drug-likeness (QED) is 0.654. The molecule has 2 rings (SSSR count). The highest BCUT2D eigenvalue weighted by molar-refractivity contribution is 9.10. The molecule has 0 fully saturated rings. The number of benzene rings is 2. The van der Waals surface area contributed by atoms with Crippen molar-refractivity contribution in [2.75, 3.05) is 26.1 Å². The molecule has 7 nitrogen and oxygen atoms in total. The molecule has 0 aromatic heterocycles. The number of hydrogen-bond donors (Lipinski definition) is 2. The zero-order valence-electron chi connectivity index (χ0n) is 14.3. The van der Waals surface area contributed by atoms with Gasteiger partial charge in [0.05, 0.1) is 26.5 Å². The van der Waals surface area contributed by atoms with E-state index in [1.165, 1.54) is 14.2 Å². The Labute approximate surface area is 160 Å². The van der Waals surface area contributed by atoms with Crippen molar-refractivity contribution < 1.29 is 22.7 Å². The van der Waals surface area contributed by atoms with Gasteiger partial charge in [0.15, 0.2) is 11.5 Å². The lowest BCUT2D eigenvalue weighted by Gasteiger charge is -2.11. The lowest BCUT2D eigenvalue weighted by atomic mass is 10.2. The minimum absolute atomic E-state index is 0.204. The number of amides is 1. The summed E-state index contributed by atoms with van der Waals surface area (Å²) >= 11 is 3.29. The first-order valence-corrected chi connectivity index (χ1v) is 10.0. The van der Waals surface area contributed by atoms with E-state index in [9.17, 15) is 13.2 Å². The third-order valence-corrected chi connectivity index (χ3v) is 5.22. The van der Waals surface area contributed by atoms with Gasteiger partial charge in [-0.3, -0.25) is 4.79 Å². The molecule has 0 atom stereocenters. The molecule has 9 heteroatoms. The highest BCUT2D eigenvalue weighted by Crippen LogP contribution is 2.29. The maximum Gasteiger partial charge on any atom is 0.239 e. The number of hydrogen-bond acceptors (Lipinski definition) is 5. The second-order valence-corrected chi connectivity index (χ2v) is 8.05. The van der Waals surface area contributed by atoms with Crippen LogP contribution in [-0.2, 0) is 20.6 Å². The van der Waals surface area contributed by atoms with Gasteiger partial charge in [0.2, 0.25) is 15.9 Å². The van der Waals surface area contributed by atoms with Crippen LogP contribution >= 0.6 is 15.9 Å². The molecule has 0 bridgehead atoms. The average Bonchev–Trinajstić information content (AvgIpc) is 2.62. The summed E-state index contributed by atoms with van der Waals surface area (Å²) < 4.78 is 37.6. The van der Waals surface area contributed by atoms with Crippen molar-refractivity contribution in [1.29, 1.82) is 0 Å². The van der Waals surface area contributed by atoms with E-state index in [0.717, 1.165) is 4.47 Å². The summed E-state index contributed by atoms with van der Waals surface area (Å²) in [6.45, 7) is -0.368. The third kappa shape index (κ3) is 6.01. The van der Waals surface area contributed by atoms with Crippen molar-refractivity contribution in [1.82, 2.24) is 4.72 Å². The summed E-state index contributed by atoms with van der Waals surface area (Å²) in [5.41, 5.74) is 1.10. The van der Waals surface area contributed by atoms with E-state index in [1.807, 2.05) is 0 Å². The molecule has 0 saturated carbocycles. The van der Waals surface area contributed by atoms with Crippen LogP contribution in [0.15, 0.2) is 46.9 Å². The fourth-order valence-electron chi connectivity index (χ4n) is 2.15. The molecule has 2 aromatic carbocycles. The fourth-order valence-corrected chi connectivity index (χ4v) is 3.49. The zero-order valence-corrected chi connectivity index (χ0v) is 16.7. The topological polar surface area (TPSA) is 93.7 Å². The molecule has 0 aliphatic carbocycles. The van der Waals surface area contributed by atoms with Crippen LogP contribution in [-0.4, -0.2) is 35.1 Å². The number of rotatable bonds is 8. The molecular weight excluding hydrogens is 424 g/mol. The van der Waals surface area contributed by atoms with Crippen LogP contribution in [0.2, 0.25) is 0 Å². The lowest BCUT2D eigenvalue weighted by molar-refractivity contribution is -0.115. The Bertz CT molecular complexity index is 869. The van der Waals surface area contributed by atoms with Gasteiger partial charge in [-0.25, -0.2) is 13.1 Å². The highest BCUT2D eigenvalue weighted by atomic mass is 79.9. The molecule has 2 N–H and O–H groups in total. The van der Waals surface area contributed by atoms with E-state index >= 15 is 0 Å². The lowest BCUT2D eigenvalue weighted by Crippen LogP contribution is -2.33. The number of carbonyl (C=O) groups is 1. The minimum Gasteiger partial charge on any atom is -0.493 e. The fraction of sp³-hybridized carbons (Fsp3) is 0.235. The number of nitrogens with one attached hydrogen (secondary N) is 2. The number of ether oxygens (including phenoxy) is 2. The summed E-state index contributed by atoms with van der Waals surface area (Å²) in [5.74, 6) is 0.294. The van der Waals surface area contributed by atoms with Gasteiger partial charge >= 0.3 is 0 Å². The Kier molecular flexibility index (Phi) is 7.01. The largest absolute Gasteiger partial charge is 0.493 e. The Morgan fingerprint density at radius 1 is 1.04 bits per heavy atom. The van der Waals surface area contributed by atoms with E-state index < -0.39 is 15.9 Å². The first-order chi connectivity index (χ1) is 12.3. The van der Waals surface area contributed by atoms with Crippen LogP contribution < -0.4 is 19.5 Å². The summed E-state index contributed by atoms with van der Waals surface area (Å²) in [6, 6.07) is 11.8. The molecule has 0 radical (unpaired) electrons. The van der Waals surface area contributed by atoms with Crippen LogP contribution in [0.5, 0.6) is 11.5 Å². The van der Waals surface area contributed by atoms with Crippen molar-refractivity contribution in [3.63, 3.8) is 0 Å². The van der Waals surface area contributed by atoms with Crippen molar-refractivity contribution >= 4 is 37.5 Å². The van der Waals surface area contributed by atoms with Crippen molar-refractivity contribution in [3.05, 3.63) is 52.5 Å². The van der Waals surface area contributed by atoms with Crippen LogP contribution in [0.25, 0.3) is 0 Å². The van der Waals surface area contributed by atoms with E-state index in [-0.39, 0.29) is 12.3 Å². The SMILES string of the molecule is COc1ccc(NC(=O)CNS(=O)(=O)Cc2ccc(Br)cc2)cc1OC. The molecular formula is C17H19BrN2O5S. The van der Waals surface area contributed by atoms with Crippen molar-refractivity contribution in [3.8, 4) is 11.5 Å². The molecule has 140 valence electrons. The Morgan fingerprint density at radius 3 is 2.31 bits per heavy atom. The Hall–Kier alpha value is -2.10. The van der Waals surface area contributed by atoms with E-state index in [4.69, 9.17) is 9.47 Å². The standard InChI is InChI=1S/C17H19BrN2O5S/c1-24-15-8-7-14(9-16(15)25-2)20-17(21)10-19-26(22,23)11-12-3-5-13(18)6-4-12/h3-9,19H,10-11H2,1-2H3,(H,20,21). The van der Waals surface area contributed by atoms with Gasteiger partial charge < -0.3 is 14.8 Å². The molecule has 26 heavy (non-hydrogen) atoms. The summed E-state index contributed by atoms with van der Waals surface area (Å²) in [4.78, 5) is 12.0. The summed E-state index contributed by atoms with van der Waals surface area (Å²) in [7, 11) is -0.633. The first kappa shape index (κ1) is 20.2. The number of halogens is 1. The average molecular weight is 443 g/mol. The highest BCUT2D eigenvalue weighted by Gasteiger charge is 2.14. The van der Waals surface area contributed by atoms with Gasteiger partial charge in [-0.2, -0.15) is 0 Å². The molecule has 0 saturated heterocycles. The maximum absolute atomic E-state index is 12.1. The van der Waals surface area contributed by atoms with Crippen molar-refractivity contribution in [2.45, 2.75) is 5.75 Å². The molecule has 0 spiro atoms. The van der Waals surface area contributed by atoms with E-state index in [0.29, 0.717) is 22.7 Å². The Morgan fingerprint density at radius 2 is 1.69 bits per heavy atom. The molecule has 0 unspecified atom stereocenters. The van der Waals surface area contributed by atoms with Gasteiger partial charge in [0, 0.05) is 16.2 Å². The van der Waals surface area contributed by atoms with Gasteiger partial charge in [-0.1, -0.05) is 28.1 Å². The number of sulfonamides is 1. The predicted molar refractivity (Wildman–Crippen MR) is 103 cm³/mol.